The summed E-state index contributed by atoms with van der Waals surface area (Å²) < 4.78 is 0. The van der Waals surface area contributed by atoms with Crippen LogP contribution in [0, 0.1) is 0 Å². The Hall–Kier alpha value is -1.95. The third-order valence-corrected chi connectivity index (χ3v) is 3.97. The summed E-state index contributed by atoms with van der Waals surface area (Å²) in [5.74, 6) is 0.474. The van der Waals surface area contributed by atoms with Gasteiger partial charge in [0.05, 0.1) is 6.54 Å². The van der Waals surface area contributed by atoms with Crippen LogP contribution in [0.1, 0.15) is 34.1 Å². The number of carbonyl (C=O) groups excluding carboxylic acids is 1. The van der Waals surface area contributed by atoms with Crippen LogP contribution in [0.2, 0.25) is 0 Å². The third kappa shape index (κ3) is 3.77. The normalized spacial score (nSPS) is 10.3. The molecule has 0 radical (unpaired) electrons. The molecule has 2 aromatic rings. The molecule has 0 spiro atoms. The van der Waals surface area contributed by atoms with Crippen LogP contribution in [0.5, 0.6) is 0 Å². The van der Waals surface area contributed by atoms with Crippen molar-refractivity contribution in [2.75, 3.05) is 11.9 Å². The number of nitrogens with one attached hydrogen (secondary N) is 2. The number of amides is 1. The van der Waals surface area contributed by atoms with Gasteiger partial charge in [-0.15, -0.1) is 21.5 Å². The van der Waals surface area contributed by atoms with Gasteiger partial charge < -0.3 is 10.6 Å². The quantitative estimate of drug-likeness (QED) is 0.857. The Bertz CT molecular complexity index is 565. The minimum atomic E-state index is -0.197. The first-order valence-corrected chi connectivity index (χ1v) is 7.48. The van der Waals surface area contributed by atoms with Crippen LogP contribution < -0.4 is 10.6 Å². The van der Waals surface area contributed by atoms with Gasteiger partial charge in [-0.1, -0.05) is 6.92 Å². The summed E-state index contributed by atoms with van der Waals surface area (Å²) in [5, 5.41) is 13.8. The van der Waals surface area contributed by atoms with Crippen molar-refractivity contribution < 1.29 is 4.79 Å². The minimum absolute atomic E-state index is 0.197. The number of nitrogens with zero attached hydrogens (tertiary/aromatic N) is 2. The van der Waals surface area contributed by atoms with Gasteiger partial charge in [-0.3, -0.25) is 4.79 Å². The Labute approximate surface area is 122 Å². The number of thiophene rings is 1. The number of anilines is 1. The van der Waals surface area contributed by atoms with E-state index < -0.39 is 0 Å². The average Bonchev–Trinajstić information content (AvgIpc) is 2.94. The highest BCUT2D eigenvalue weighted by molar-refractivity contribution is 7.12. The maximum Gasteiger partial charge on any atom is 0.271 e. The molecule has 0 aromatic carbocycles. The summed E-state index contributed by atoms with van der Waals surface area (Å²) in [5.41, 5.74) is 0.335. The van der Waals surface area contributed by atoms with Crippen molar-refractivity contribution in [3.05, 3.63) is 39.7 Å². The van der Waals surface area contributed by atoms with Crippen LogP contribution >= 0.6 is 11.3 Å². The monoisotopic (exact) mass is 290 g/mol. The van der Waals surface area contributed by atoms with Crippen LogP contribution in [-0.4, -0.2) is 22.6 Å². The lowest BCUT2D eigenvalue weighted by atomic mass is 10.3. The smallest absolute Gasteiger partial charge is 0.271 e. The van der Waals surface area contributed by atoms with E-state index in [0.29, 0.717) is 18.1 Å². The number of aryl methyl sites for hydroxylation is 1. The summed E-state index contributed by atoms with van der Waals surface area (Å²) in [7, 11) is 0. The molecule has 0 aliphatic rings. The molecule has 106 valence electrons. The zero-order valence-electron chi connectivity index (χ0n) is 11.6. The molecule has 0 fully saturated rings. The molecular weight excluding hydrogens is 272 g/mol. The predicted molar refractivity (Wildman–Crippen MR) is 81.1 cm³/mol. The van der Waals surface area contributed by atoms with E-state index >= 15 is 0 Å². The van der Waals surface area contributed by atoms with Gasteiger partial charge in [0, 0.05) is 16.3 Å². The van der Waals surface area contributed by atoms with Gasteiger partial charge in [0.2, 0.25) is 0 Å². The Balaban J connectivity index is 1.92. The molecule has 2 rings (SSSR count). The van der Waals surface area contributed by atoms with Crippen molar-refractivity contribution in [1.29, 1.82) is 0 Å². The number of hydrogen-bond donors (Lipinski definition) is 2. The summed E-state index contributed by atoms with van der Waals surface area (Å²) in [6.45, 7) is 5.32. The Morgan fingerprint density at radius 2 is 1.95 bits per heavy atom. The molecule has 1 amide bonds. The zero-order valence-corrected chi connectivity index (χ0v) is 12.5. The van der Waals surface area contributed by atoms with Gasteiger partial charge >= 0.3 is 0 Å². The first kappa shape index (κ1) is 14.5. The lowest BCUT2D eigenvalue weighted by Gasteiger charge is -2.04. The summed E-state index contributed by atoms with van der Waals surface area (Å²) in [6, 6.07) is 7.71. The number of rotatable bonds is 6. The summed E-state index contributed by atoms with van der Waals surface area (Å²) >= 11 is 1.79. The maximum absolute atomic E-state index is 11.5. The molecular formula is C14H18N4OS. The predicted octanol–water partition coefficient (Wildman–Crippen LogP) is 2.46. The lowest BCUT2D eigenvalue weighted by Crippen LogP contribution is -2.24. The molecule has 0 saturated carbocycles. The van der Waals surface area contributed by atoms with E-state index in [1.54, 1.807) is 23.5 Å². The van der Waals surface area contributed by atoms with Crippen molar-refractivity contribution in [3.8, 4) is 0 Å². The minimum Gasteiger partial charge on any atom is -0.364 e. The highest BCUT2D eigenvalue weighted by Gasteiger charge is 2.06. The van der Waals surface area contributed by atoms with E-state index in [4.69, 9.17) is 0 Å². The van der Waals surface area contributed by atoms with Crippen LogP contribution in [0.4, 0.5) is 5.82 Å². The Kier molecular flexibility index (Phi) is 5.06. The largest absolute Gasteiger partial charge is 0.364 e. The highest BCUT2D eigenvalue weighted by Crippen LogP contribution is 2.17. The van der Waals surface area contributed by atoms with Crippen LogP contribution in [0.3, 0.4) is 0 Å². The molecule has 0 saturated heterocycles. The molecule has 20 heavy (non-hydrogen) atoms. The van der Waals surface area contributed by atoms with Gasteiger partial charge in [-0.05, 0) is 37.6 Å². The van der Waals surface area contributed by atoms with Crippen LogP contribution in [-0.2, 0) is 13.0 Å². The molecule has 0 unspecified atom stereocenters. The van der Waals surface area contributed by atoms with Gasteiger partial charge in [0.15, 0.2) is 5.69 Å². The second kappa shape index (κ2) is 7.00. The molecule has 0 aliphatic heterocycles. The summed E-state index contributed by atoms with van der Waals surface area (Å²) in [6.07, 6.45) is 1.06. The zero-order chi connectivity index (χ0) is 14.4. The Morgan fingerprint density at radius 1 is 1.15 bits per heavy atom. The van der Waals surface area contributed by atoms with E-state index in [1.165, 1.54) is 9.75 Å². The second-order valence-corrected chi connectivity index (χ2v) is 5.49. The molecule has 0 bridgehead atoms. The lowest BCUT2D eigenvalue weighted by molar-refractivity contribution is 0.0950. The topological polar surface area (TPSA) is 66.9 Å². The Morgan fingerprint density at radius 3 is 2.55 bits per heavy atom. The molecule has 0 atom stereocenters. The van der Waals surface area contributed by atoms with Crippen LogP contribution in [0.15, 0.2) is 24.3 Å². The first-order valence-electron chi connectivity index (χ1n) is 6.66. The van der Waals surface area contributed by atoms with Crippen molar-refractivity contribution in [2.24, 2.45) is 0 Å². The number of aromatic nitrogens is 2. The van der Waals surface area contributed by atoms with Gasteiger partial charge in [0.25, 0.3) is 5.91 Å². The van der Waals surface area contributed by atoms with Crippen molar-refractivity contribution >= 4 is 23.1 Å². The summed E-state index contributed by atoms with van der Waals surface area (Å²) in [4.78, 5) is 14.2. The van der Waals surface area contributed by atoms with E-state index in [-0.39, 0.29) is 5.91 Å². The standard InChI is InChI=1S/C14H18N4OS/c1-3-10-5-6-11(20-10)9-16-13-8-7-12(17-18-13)14(19)15-4-2/h5-8H,3-4,9H2,1-2H3,(H,15,19)(H,16,18). The maximum atomic E-state index is 11.5. The average molecular weight is 290 g/mol. The molecule has 2 heterocycles. The number of carbonyl (C=O) groups is 1. The fourth-order valence-corrected chi connectivity index (χ4v) is 2.58. The van der Waals surface area contributed by atoms with Crippen molar-refractivity contribution in [2.45, 2.75) is 26.8 Å². The fourth-order valence-electron chi connectivity index (χ4n) is 1.68. The van der Waals surface area contributed by atoms with E-state index in [0.717, 1.165) is 13.0 Å². The molecule has 6 heteroatoms. The fraction of sp³-hybridized carbons (Fsp3) is 0.357. The van der Waals surface area contributed by atoms with Gasteiger partial charge in [-0.2, -0.15) is 0 Å². The van der Waals surface area contributed by atoms with E-state index in [2.05, 4.69) is 39.9 Å². The van der Waals surface area contributed by atoms with Crippen molar-refractivity contribution in [3.63, 3.8) is 0 Å². The van der Waals surface area contributed by atoms with E-state index in [9.17, 15) is 4.79 Å². The van der Waals surface area contributed by atoms with Gasteiger partial charge in [-0.25, -0.2) is 0 Å². The molecule has 2 aromatic heterocycles. The second-order valence-electron chi connectivity index (χ2n) is 4.24. The molecule has 5 nitrogen and oxygen atoms in total. The van der Waals surface area contributed by atoms with E-state index in [1.807, 2.05) is 6.92 Å². The molecule has 2 N–H and O–H groups in total. The van der Waals surface area contributed by atoms with Crippen LogP contribution in [0.25, 0.3) is 0 Å². The molecule has 0 aliphatic carbocycles. The number of hydrogen-bond acceptors (Lipinski definition) is 5. The third-order valence-electron chi connectivity index (χ3n) is 2.74. The SMILES string of the molecule is CCNC(=O)c1ccc(NCc2ccc(CC)s2)nn1. The highest BCUT2D eigenvalue weighted by atomic mass is 32.1. The van der Waals surface area contributed by atoms with Gasteiger partial charge in [0.1, 0.15) is 5.82 Å². The first-order chi connectivity index (χ1) is 9.72. The van der Waals surface area contributed by atoms with Crippen molar-refractivity contribution in [1.82, 2.24) is 15.5 Å².